The molecule has 14 heteroatoms. The highest BCUT2D eigenvalue weighted by molar-refractivity contribution is 6.03. The zero-order valence-electron chi connectivity index (χ0n) is 35.0. The van der Waals surface area contributed by atoms with Crippen LogP contribution in [0.15, 0.2) is 40.1 Å². The number of rotatable bonds is 12. The number of fused-ring (bicyclic) bond motifs is 4. The number of aliphatic imine (C=N–C) groups is 1. The van der Waals surface area contributed by atoms with E-state index in [0.717, 1.165) is 60.7 Å². The molecule has 2 aliphatic rings. The molecule has 56 heavy (non-hydrogen) atoms. The molecule has 0 spiro atoms. The molecule has 308 valence electrons. The van der Waals surface area contributed by atoms with E-state index in [0.29, 0.717) is 49.3 Å². The molecule has 1 aromatic heterocycles. The number of pyridine rings is 1. The van der Waals surface area contributed by atoms with E-state index in [9.17, 15) is 9.59 Å². The first-order chi connectivity index (χ1) is 26.7. The van der Waals surface area contributed by atoms with E-state index in [1.165, 1.54) is 22.9 Å². The predicted molar refractivity (Wildman–Crippen MR) is 218 cm³/mol. The molecule has 2 N–H and O–H groups in total. The Labute approximate surface area is 331 Å². The van der Waals surface area contributed by atoms with E-state index in [1.807, 2.05) is 29.7 Å². The van der Waals surface area contributed by atoms with Crippen LogP contribution in [0, 0.1) is 18.3 Å². The van der Waals surface area contributed by atoms with Gasteiger partial charge in [0.25, 0.3) is 0 Å². The summed E-state index contributed by atoms with van der Waals surface area (Å²) >= 11 is 0. The number of nitrogens with two attached hydrogens (primary N) is 1. The van der Waals surface area contributed by atoms with E-state index in [2.05, 4.69) is 18.0 Å². The molecule has 0 amide bonds. The first-order valence-corrected chi connectivity index (χ1v) is 18.4. The molecule has 3 heterocycles. The molecule has 0 fully saturated rings. The number of carbonyl (C=O) groups excluding carboxylic acids is 1. The van der Waals surface area contributed by atoms with Gasteiger partial charge >= 0.3 is 5.97 Å². The number of benzene rings is 2. The molecule has 0 atom stereocenters. The van der Waals surface area contributed by atoms with E-state index < -0.39 is 11.6 Å². The molecule has 2 aromatic carbocycles. The van der Waals surface area contributed by atoms with Crippen LogP contribution in [-0.2, 0) is 43.1 Å². The molecule has 2 aliphatic heterocycles. The second kappa shape index (κ2) is 23.7. The van der Waals surface area contributed by atoms with Gasteiger partial charge in [0.1, 0.15) is 17.8 Å². The van der Waals surface area contributed by atoms with E-state index in [4.69, 9.17) is 48.9 Å². The number of carbonyl (C=O) groups is 1. The number of hydrogen-bond donors (Lipinski definition) is 1. The quantitative estimate of drug-likeness (QED) is 0.169. The third-order valence-corrected chi connectivity index (χ3v) is 8.50. The standard InChI is InChI=1S/C16H18N2O3.C13H17NO2.C7H11NO2.C6H14O3/c1-9-12(19)8-15(17)18-5-4-10-6-13(20-2)14(21-3)7-11(10)16(9)18;1-4-11-10-8-13(16-3)12(15-2)7-9(10)5-6-14-11;1-7(2,3)10-6(9)4-5-8;1-7-3-5-9-6-4-8-2/h6-8H,4-5,17H2,1-3H3;7-8H,4-6H2,1-3H3;4H2,1-3H3;3-6H2,1-2H3. The van der Waals surface area contributed by atoms with Crippen molar-refractivity contribution in [3.05, 3.63) is 62.8 Å². The topological polar surface area (TPSA) is 175 Å². The highest BCUT2D eigenvalue weighted by Gasteiger charge is 2.23. The average Bonchev–Trinajstić information content (AvgIpc) is 3.18. The Hall–Kier alpha value is -5.10. The number of nitrogen functional groups attached to an aromatic ring is 1. The molecule has 0 bridgehead atoms. The van der Waals surface area contributed by atoms with Crippen LogP contribution in [-0.4, -0.2) is 97.5 Å². The number of anilines is 1. The number of aromatic nitrogens is 1. The van der Waals surface area contributed by atoms with Crippen LogP contribution < -0.4 is 30.1 Å². The van der Waals surface area contributed by atoms with Gasteiger partial charge in [0.15, 0.2) is 28.4 Å². The largest absolute Gasteiger partial charge is 0.493 e. The van der Waals surface area contributed by atoms with Gasteiger partial charge in [0.05, 0.1) is 66.6 Å². The summed E-state index contributed by atoms with van der Waals surface area (Å²) in [6.45, 7) is 13.5. The van der Waals surface area contributed by atoms with Gasteiger partial charge in [0, 0.05) is 55.8 Å². The van der Waals surface area contributed by atoms with Gasteiger partial charge in [-0.1, -0.05) is 6.92 Å². The van der Waals surface area contributed by atoms with Gasteiger partial charge in [-0.3, -0.25) is 14.6 Å². The second-order valence-corrected chi connectivity index (χ2v) is 13.5. The summed E-state index contributed by atoms with van der Waals surface area (Å²) in [5.41, 5.74) is 12.9. The number of ether oxygens (including phenoxy) is 8. The Balaban J connectivity index is 0.000000275. The average molecular weight is 781 g/mol. The van der Waals surface area contributed by atoms with Crippen molar-refractivity contribution in [2.24, 2.45) is 4.99 Å². The van der Waals surface area contributed by atoms with Crippen LogP contribution >= 0.6 is 0 Å². The molecular weight excluding hydrogens is 720 g/mol. The zero-order chi connectivity index (χ0) is 41.8. The van der Waals surface area contributed by atoms with Gasteiger partial charge in [-0.25, -0.2) is 0 Å². The van der Waals surface area contributed by atoms with Crippen LogP contribution in [0.1, 0.15) is 62.8 Å². The van der Waals surface area contributed by atoms with Gasteiger partial charge in [-0.2, -0.15) is 5.26 Å². The van der Waals surface area contributed by atoms with Crippen molar-refractivity contribution >= 4 is 17.5 Å². The van der Waals surface area contributed by atoms with Crippen LogP contribution in [0.4, 0.5) is 5.82 Å². The fraction of sp³-hybridized carbons (Fsp3) is 0.524. The van der Waals surface area contributed by atoms with Crippen molar-refractivity contribution < 1.29 is 42.7 Å². The lowest BCUT2D eigenvalue weighted by Gasteiger charge is -2.26. The van der Waals surface area contributed by atoms with Crippen molar-refractivity contribution in [2.45, 2.75) is 72.4 Å². The van der Waals surface area contributed by atoms with Gasteiger partial charge in [-0.05, 0) is 82.3 Å². The zero-order valence-corrected chi connectivity index (χ0v) is 35.0. The Kier molecular flexibility index (Phi) is 19.9. The fourth-order valence-electron chi connectivity index (χ4n) is 5.86. The molecule has 0 aliphatic carbocycles. The highest BCUT2D eigenvalue weighted by atomic mass is 16.6. The van der Waals surface area contributed by atoms with Crippen LogP contribution in [0.5, 0.6) is 23.0 Å². The number of esters is 1. The lowest BCUT2D eigenvalue weighted by atomic mass is 9.94. The minimum atomic E-state index is -0.478. The summed E-state index contributed by atoms with van der Waals surface area (Å²) in [6.07, 6.45) is 2.62. The second-order valence-electron chi connectivity index (χ2n) is 13.5. The maximum absolute atomic E-state index is 12.0. The minimum Gasteiger partial charge on any atom is -0.493 e. The molecule has 14 nitrogen and oxygen atoms in total. The Morgan fingerprint density at radius 1 is 0.821 bits per heavy atom. The van der Waals surface area contributed by atoms with Gasteiger partial charge in [-0.15, -0.1) is 0 Å². The lowest BCUT2D eigenvalue weighted by Crippen LogP contribution is -2.23. The van der Waals surface area contributed by atoms with Crippen LogP contribution in [0.25, 0.3) is 11.3 Å². The molecular formula is C42H60N4O10. The van der Waals surface area contributed by atoms with Crippen LogP contribution in [0.2, 0.25) is 0 Å². The molecule has 5 rings (SSSR count). The Morgan fingerprint density at radius 3 is 1.82 bits per heavy atom. The van der Waals surface area contributed by atoms with Crippen molar-refractivity contribution in [3.8, 4) is 40.3 Å². The lowest BCUT2D eigenvalue weighted by molar-refractivity contribution is -0.153. The first-order valence-electron chi connectivity index (χ1n) is 18.4. The van der Waals surface area contributed by atoms with E-state index in [1.54, 1.807) is 69.5 Å². The number of nitrogens with zero attached hydrogens (tertiary/aromatic N) is 3. The third-order valence-electron chi connectivity index (χ3n) is 8.50. The third kappa shape index (κ3) is 13.9. The molecule has 0 saturated carbocycles. The van der Waals surface area contributed by atoms with Gasteiger partial charge in [0.2, 0.25) is 0 Å². The van der Waals surface area contributed by atoms with Crippen molar-refractivity contribution in [3.63, 3.8) is 0 Å². The first kappa shape index (κ1) is 47.1. The summed E-state index contributed by atoms with van der Waals surface area (Å²) in [5, 5.41) is 8.08. The maximum atomic E-state index is 12.0. The number of nitriles is 1. The van der Waals surface area contributed by atoms with Gasteiger partial charge < -0.3 is 48.2 Å². The maximum Gasteiger partial charge on any atom is 0.320 e. The molecule has 3 aromatic rings. The van der Waals surface area contributed by atoms with Crippen molar-refractivity contribution in [1.29, 1.82) is 5.26 Å². The smallest absolute Gasteiger partial charge is 0.320 e. The Morgan fingerprint density at radius 2 is 1.34 bits per heavy atom. The summed E-state index contributed by atoms with van der Waals surface area (Å²) in [4.78, 5) is 27.2. The summed E-state index contributed by atoms with van der Waals surface area (Å²) in [6, 6.07) is 11.2. The normalized spacial score (nSPS) is 12.1. The number of methoxy groups -OCH3 is 6. The number of hydrogen-bond acceptors (Lipinski definition) is 13. The molecule has 0 unspecified atom stereocenters. The Bertz CT molecular complexity index is 1850. The van der Waals surface area contributed by atoms with E-state index >= 15 is 0 Å². The summed E-state index contributed by atoms with van der Waals surface area (Å²) in [7, 11) is 9.86. The van der Waals surface area contributed by atoms with Crippen molar-refractivity contribution in [2.75, 3.05) is 81.4 Å². The number of aryl methyl sites for hydroxylation is 1. The molecule has 0 saturated heterocycles. The molecule has 0 radical (unpaired) electrons. The summed E-state index contributed by atoms with van der Waals surface area (Å²) < 4.78 is 42.7. The van der Waals surface area contributed by atoms with Crippen molar-refractivity contribution in [1.82, 2.24) is 4.57 Å². The SMILES string of the molecule is CC(C)(C)OC(=O)CC#N.CCC1=NCCc2cc(OC)c(OC)cc21.COCCOCCOC.COc1cc2c(cc1OC)-c1c(C)c(=O)cc(N)n1CC2. The fourth-order valence-corrected chi connectivity index (χ4v) is 5.86. The van der Waals surface area contributed by atoms with E-state index in [-0.39, 0.29) is 11.8 Å². The predicted octanol–water partition coefficient (Wildman–Crippen LogP) is 5.98. The highest BCUT2D eigenvalue weighted by Crippen LogP contribution is 2.40. The minimum absolute atomic E-state index is 0.0404. The monoisotopic (exact) mass is 780 g/mol. The van der Waals surface area contributed by atoms with Crippen LogP contribution in [0.3, 0.4) is 0 Å². The summed E-state index contributed by atoms with van der Waals surface area (Å²) in [5.74, 6) is 2.98.